The summed E-state index contributed by atoms with van der Waals surface area (Å²) < 4.78 is 32.5. The minimum atomic E-state index is -3.93. The first-order valence-corrected chi connectivity index (χ1v) is 7.11. The van der Waals surface area contributed by atoms with Crippen molar-refractivity contribution in [2.24, 2.45) is 0 Å². The van der Waals surface area contributed by atoms with Gasteiger partial charge in [-0.1, -0.05) is 0 Å². The number of nitrogens with zero attached hydrogens (tertiary/aromatic N) is 3. The molecule has 2 rings (SSSR count). The number of aromatic nitrogens is 2. The number of hydrogen-bond donors (Lipinski definition) is 1. The Morgan fingerprint density at radius 1 is 1.41 bits per heavy atom. The van der Waals surface area contributed by atoms with Crippen molar-refractivity contribution in [1.29, 1.82) is 0 Å². The lowest BCUT2D eigenvalue weighted by Crippen LogP contribution is -2.59. The van der Waals surface area contributed by atoms with Crippen LogP contribution in [0.1, 0.15) is 25.3 Å². The van der Waals surface area contributed by atoms with Crippen LogP contribution in [0.25, 0.3) is 0 Å². The van der Waals surface area contributed by atoms with Gasteiger partial charge in [-0.25, -0.2) is 14.8 Å². The Morgan fingerprint density at radius 2 is 1.95 bits per heavy atom. The van der Waals surface area contributed by atoms with Crippen LogP contribution in [-0.2, 0) is 9.53 Å². The van der Waals surface area contributed by atoms with Crippen LogP contribution in [0.5, 0.6) is 0 Å². The fraction of sp³-hybridized carbons (Fsp3) is 0.643. The zero-order valence-electron chi connectivity index (χ0n) is 12.6. The van der Waals surface area contributed by atoms with Gasteiger partial charge in [0.1, 0.15) is 5.60 Å². The number of piperidine rings is 1. The third kappa shape index (κ3) is 3.01. The molecule has 22 heavy (non-hydrogen) atoms. The van der Waals surface area contributed by atoms with E-state index in [-0.39, 0.29) is 32.5 Å². The second kappa shape index (κ2) is 6.12. The fourth-order valence-corrected chi connectivity index (χ4v) is 2.35. The van der Waals surface area contributed by atoms with Crippen molar-refractivity contribution in [2.45, 2.75) is 38.2 Å². The van der Waals surface area contributed by atoms with Crippen molar-refractivity contribution in [3.63, 3.8) is 0 Å². The lowest BCUT2D eigenvalue weighted by Gasteiger charge is -2.41. The van der Waals surface area contributed by atoms with Crippen molar-refractivity contribution in [1.82, 2.24) is 9.97 Å². The molecule has 0 spiro atoms. The van der Waals surface area contributed by atoms with E-state index >= 15 is 0 Å². The minimum Gasteiger partial charge on any atom is -0.461 e. The third-order valence-electron chi connectivity index (χ3n) is 3.76. The van der Waals surface area contributed by atoms with Crippen LogP contribution >= 0.6 is 0 Å². The fourth-order valence-electron chi connectivity index (χ4n) is 2.35. The molecule has 1 aromatic heterocycles. The summed E-state index contributed by atoms with van der Waals surface area (Å²) in [6.45, 7) is 3.39. The molecule has 0 aromatic carbocycles. The van der Waals surface area contributed by atoms with Crippen LogP contribution in [0.3, 0.4) is 0 Å². The highest BCUT2D eigenvalue weighted by molar-refractivity contribution is 5.79. The first kappa shape index (κ1) is 16.5. The number of carbonyl (C=O) groups is 1. The van der Waals surface area contributed by atoms with Crippen LogP contribution in [-0.4, -0.2) is 52.3 Å². The van der Waals surface area contributed by atoms with Gasteiger partial charge in [0.05, 0.1) is 6.61 Å². The Labute approximate surface area is 127 Å². The largest absolute Gasteiger partial charge is 0.461 e. The number of aryl methyl sites for hydroxylation is 1. The Hall–Kier alpha value is -1.83. The van der Waals surface area contributed by atoms with E-state index in [1.807, 2.05) is 6.92 Å². The SMILES string of the molecule is CCOC(=O)C(F)(F)C1(O)CCN(c2ncc(C)cn2)CC1. The molecule has 0 radical (unpaired) electrons. The van der Waals surface area contributed by atoms with Crippen molar-refractivity contribution in [2.75, 3.05) is 24.6 Å². The molecule has 1 saturated heterocycles. The monoisotopic (exact) mass is 315 g/mol. The topological polar surface area (TPSA) is 75.6 Å². The van der Waals surface area contributed by atoms with Gasteiger partial charge in [0.25, 0.3) is 0 Å². The van der Waals surface area contributed by atoms with Crippen LogP contribution in [0.4, 0.5) is 14.7 Å². The number of aliphatic hydroxyl groups is 1. The number of ether oxygens (including phenoxy) is 1. The standard InChI is InChI=1S/C14H19F2N3O3/c1-3-22-11(20)14(15,16)13(21)4-6-19(7-5-13)12-17-8-10(2)9-18-12/h8-9,21H,3-7H2,1-2H3. The number of hydrogen-bond acceptors (Lipinski definition) is 6. The number of rotatable bonds is 4. The summed E-state index contributed by atoms with van der Waals surface area (Å²) in [6.07, 6.45) is 2.73. The van der Waals surface area contributed by atoms with Gasteiger partial charge in [-0.3, -0.25) is 0 Å². The number of alkyl halides is 2. The van der Waals surface area contributed by atoms with Gasteiger partial charge in [0.2, 0.25) is 5.95 Å². The lowest BCUT2D eigenvalue weighted by molar-refractivity contribution is -0.217. The molecule has 1 N–H and O–H groups in total. The molecule has 0 unspecified atom stereocenters. The molecule has 0 atom stereocenters. The summed E-state index contributed by atoms with van der Waals surface area (Å²) in [4.78, 5) is 21.4. The summed E-state index contributed by atoms with van der Waals surface area (Å²) in [5, 5.41) is 10.2. The van der Waals surface area contributed by atoms with E-state index in [0.717, 1.165) is 5.56 Å². The van der Waals surface area contributed by atoms with E-state index in [1.54, 1.807) is 17.3 Å². The number of esters is 1. The summed E-state index contributed by atoms with van der Waals surface area (Å²) >= 11 is 0. The number of anilines is 1. The molecule has 0 bridgehead atoms. The molecule has 0 aliphatic carbocycles. The highest BCUT2D eigenvalue weighted by Crippen LogP contribution is 2.38. The van der Waals surface area contributed by atoms with Crippen LogP contribution in [0, 0.1) is 6.92 Å². The number of carbonyl (C=O) groups excluding carboxylic acids is 1. The summed E-state index contributed by atoms with van der Waals surface area (Å²) in [7, 11) is 0. The first-order valence-electron chi connectivity index (χ1n) is 7.11. The van der Waals surface area contributed by atoms with E-state index in [1.165, 1.54) is 6.92 Å². The molecule has 2 heterocycles. The normalized spacial score (nSPS) is 18.1. The molecule has 1 aliphatic heterocycles. The van der Waals surface area contributed by atoms with Gasteiger partial charge in [0, 0.05) is 38.3 Å². The molecule has 1 aromatic rings. The van der Waals surface area contributed by atoms with E-state index in [9.17, 15) is 18.7 Å². The summed E-state index contributed by atoms with van der Waals surface area (Å²) in [6, 6.07) is 0. The lowest BCUT2D eigenvalue weighted by atomic mass is 9.85. The van der Waals surface area contributed by atoms with Crippen molar-refractivity contribution in [3.05, 3.63) is 18.0 Å². The van der Waals surface area contributed by atoms with Crippen LogP contribution < -0.4 is 4.90 Å². The van der Waals surface area contributed by atoms with Gasteiger partial charge in [-0.05, 0) is 19.4 Å². The molecule has 8 heteroatoms. The Bertz CT molecular complexity index is 529. The van der Waals surface area contributed by atoms with Gasteiger partial charge >= 0.3 is 11.9 Å². The Kier molecular flexibility index (Phi) is 4.60. The second-order valence-electron chi connectivity index (χ2n) is 5.37. The first-order chi connectivity index (χ1) is 10.3. The van der Waals surface area contributed by atoms with Crippen LogP contribution in [0.2, 0.25) is 0 Å². The van der Waals surface area contributed by atoms with E-state index < -0.39 is 17.5 Å². The highest BCUT2D eigenvalue weighted by Gasteiger charge is 2.60. The smallest absolute Gasteiger partial charge is 0.380 e. The molecule has 1 fully saturated rings. The minimum absolute atomic E-state index is 0.133. The zero-order valence-corrected chi connectivity index (χ0v) is 12.6. The van der Waals surface area contributed by atoms with Gasteiger partial charge in [-0.15, -0.1) is 0 Å². The molecule has 1 aliphatic rings. The predicted molar refractivity (Wildman–Crippen MR) is 74.7 cm³/mol. The quantitative estimate of drug-likeness (QED) is 0.845. The molecule has 122 valence electrons. The molecular weight excluding hydrogens is 296 g/mol. The number of halogens is 2. The Balaban J connectivity index is 2.06. The van der Waals surface area contributed by atoms with Crippen molar-refractivity contribution < 1.29 is 23.4 Å². The third-order valence-corrected chi connectivity index (χ3v) is 3.76. The zero-order chi connectivity index (χ0) is 16.4. The molecule has 0 amide bonds. The summed E-state index contributed by atoms with van der Waals surface area (Å²) in [5.41, 5.74) is -1.51. The average Bonchev–Trinajstić information content (AvgIpc) is 2.49. The van der Waals surface area contributed by atoms with Gasteiger partial charge in [0.15, 0.2) is 0 Å². The molecule has 0 saturated carbocycles. The van der Waals surface area contributed by atoms with Crippen molar-refractivity contribution in [3.8, 4) is 0 Å². The van der Waals surface area contributed by atoms with E-state index in [4.69, 9.17) is 0 Å². The van der Waals surface area contributed by atoms with E-state index in [2.05, 4.69) is 14.7 Å². The van der Waals surface area contributed by atoms with E-state index in [0.29, 0.717) is 5.95 Å². The van der Waals surface area contributed by atoms with Gasteiger partial charge < -0.3 is 14.7 Å². The maximum absolute atomic E-state index is 14.1. The maximum atomic E-state index is 14.1. The Morgan fingerprint density at radius 3 is 2.45 bits per heavy atom. The molecular formula is C14H19F2N3O3. The highest BCUT2D eigenvalue weighted by atomic mass is 19.3. The average molecular weight is 315 g/mol. The van der Waals surface area contributed by atoms with Gasteiger partial charge in [-0.2, -0.15) is 8.78 Å². The van der Waals surface area contributed by atoms with Crippen LogP contribution in [0.15, 0.2) is 12.4 Å². The summed E-state index contributed by atoms with van der Waals surface area (Å²) in [5.74, 6) is -5.19. The predicted octanol–water partition coefficient (Wildman–Crippen LogP) is 1.31. The molecule has 6 nitrogen and oxygen atoms in total. The van der Waals surface area contributed by atoms with Crippen molar-refractivity contribution >= 4 is 11.9 Å². The second-order valence-corrected chi connectivity index (χ2v) is 5.37. The maximum Gasteiger partial charge on any atom is 0.380 e.